The first-order chi connectivity index (χ1) is 15.9. The first-order valence-electron chi connectivity index (χ1n) is 9.96. The van der Waals surface area contributed by atoms with E-state index in [2.05, 4.69) is 15.3 Å². The molecule has 10 nitrogen and oxygen atoms in total. The third-order valence-corrected chi connectivity index (χ3v) is 5.10. The van der Waals surface area contributed by atoms with E-state index in [0.29, 0.717) is 28.6 Å². The Hall–Kier alpha value is -4.47. The van der Waals surface area contributed by atoms with Gasteiger partial charge in [-0.1, -0.05) is 0 Å². The molecule has 0 unspecified atom stereocenters. The summed E-state index contributed by atoms with van der Waals surface area (Å²) in [5.74, 6) is 1.16. The number of methoxy groups -OCH3 is 2. The molecule has 168 valence electrons. The number of carbonyl (C=O) groups is 1. The number of nitrogens with zero attached hydrogens (tertiary/aromatic N) is 4. The molecule has 1 N–H and O–H groups in total. The Morgan fingerprint density at radius 3 is 2.18 bits per heavy atom. The lowest BCUT2D eigenvalue weighted by atomic mass is 10.2. The lowest BCUT2D eigenvalue weighted by Crippen LogP contribution is -2.42. The van der Waals surface area contributed by atoms with Gasteiger partial charge in [0.25, 0.3) is 5.56 Å². The van der Waals surface area contributed by atoms with Crippen molar-refractivity contribution in [3.8, 4) is 22.9 Å². The van der Waals surface area contributed by atoms with E-state index in [9.17, 15) is 14.4 Å². The van der Waals surface area contributed by atoms with Crippen LogP contribution in [0.5, 0.6) is 11.5 Å². The van der Waals surface area contributed by atoms with Gasteiger partial charge in [-0.05, 0) is 48.5 Å². The minimum atomic E-state index is -0.656. The second-order valence-corrected chi connectivity index (χ2v) is 7.17. The van der Waals surface area contributed by atoms with Gasteiger partial charge >= 0.3 is 5.69 Å². The number of hydrogen-bond acceptors (Lipinski definition) is 7. The average Bonchev–Trinajstić information content (AvgIpc) is 2.85. The molecule has 4 rings (SSSR count). The number of aromatic nitrogens is 4. The molecule has 10 heteroatoms. The van der Waals surface area contributed by atoms with Gasteiger partial charge in [0.05, 0.1) is 14.2 Å². The van der Waals surface area contributed by atoms with Crippen LogP contribution in [-0.2, 0) is 18.4 Å². The highest BCUT2D eigenvalue weighted by molar-refractivity contribution is 5.90. The van der Waals surface area contributed by atoms with Crippen molar-refractivity contribution in [3.63, 3.8) is 0 Å². The Bertz CT molecular complexity index is 1440. The molecule has 0 spiro atoms. The van der Waals surface area contributed by atoms with Gasteiger partial charge in [-0.2, -0.15) is 0 Å². The van der Waals surface area contributed by atoms with Crippen LogP contribution in [0.4, 0.5) is 5.69 Å². The quantitative estimate of drug-likeness (QED) is 0.479. The van der Waals surface area contributed by atoms with E-state index in [-0.39, 0.29) is 11.0 Å². The maximum atomic E-state index is 13.0. The standard InChI is InChI=1S/C23H21N5O5/c1-27-21-18(12-24-20(26-21)14-4-8-16(32-2)9-5-14)22(30)28(23(27)31)13-19(29)25-15-6-10-17(33-3)11-7-15/h4-12H,13H2,1-3H3,(H,25,29). The van der Waals surface area contributed by atoms with Crippen LogP contribution in [-0.4, -0.2) is 39.2 Å². The van der Waals surface area contributed by atoms with Crippen LogP contribution >= 0.6 is 0 Å². The van der Waals surface area contributed by atoms with Crippen molar-refractivity contribution in [2.45, 2.75) is 6.54 Å². The topological polar surface area (TPSA) is 117 Å². The number of carbonyl (C=O) groups excluding carboxylic acids is 1. The summed E-state index contributed by atoms with van der Waals surface area (Å²) in [7, 11) is 4.60. The first-order valence-corrected chi connectivity index (χ1v) is 9.96. The van der Waals surface area contributed by atoms with Crippen LogP contribution in [0.3, 0.4) is 0 Å². The number of nitrogens with one attached hydrogen (secondary N) is 1. The van der Waals surface area contributed by atoms with Crippen molar-refractivity contribution in [1.82, 2.24) is 19.1 Å². The molecule has 2 aromatic heterocycles. The number of anilines is 1. The lowest BCUT2D eigenvalue weighted by Gasteiger charge is -2.11. The average molecular weight is 447 g/mol. The molecule has 0 aliphatic carbocycles. The van der Waals surface area contributed by atoms with Crippen molar-refractivity contribution in [2.24, 2.45) is 7.05 Å². The van der Waals surface area contributed by atoms with Crippen LogP contribution in [0.1, 0.15) is 0 Å². The zero-order valence-electron chi connectivity index (χ0n) is 18.2. The largest absolute Gasteiger partial charge is 0.497 e. The summed E-state index contributed by atoms with van der Waals surface area (Å²) in [6.07, 6.45) is 1.36. The first kappa shape index (κ1) is 21.8. The Morgan fingerprint density at radius 1 is 0.970 bits per heavy atom. The normalized spacial score (nSPS) is 10.8. The molecule has 0 radical (unpaired) electrons. The fraction of sp³-hybridized carbons (Fsp3) is 0.174. The highest BCUT2D eigenvalue weighted by Gasteiger charge is 2.16. The summed E-state index contributed by atoms with van der Waals surface area (Å²) in [6, 6.07) is 13.8. The molecule has 0 atom stereocenters. The predicted octanol–water partition coefficient (Wildman–Crippen LogP) is 1.81. The number of amides is 1. The maximum Gasteiger partial charge on any atom is 0.332 e. The smallest absolute Gasteiger partial charge is 0.332 e. The van der Waals surface area contributed by atoms with E-state index >= 15 is 0 Å². The van der Waals surface area contributed by atoms with Crippen LogP contribution < -0.4 is 26.0 Å². The van der Waals surface area contributed by atoms with E-state index < -0.39 is 23.7 Å². The van der Waals surface area contributed by atoms with E-state index in [4.69, 9.17) is 9.47 Å². The molecule has 0 bridgehead atoms. The van der Waals surface area contributed by atoms with Gasteiger partial charge in [0.1, 0.15) is 23.4 Å². The van der Waals surface area contributed by atoms with Gasteiger partial charge in [-0.25, -0.2) is 14.8 Å². The second kappa shape index (κ2) is 8.95. The predicted molar refractivity (Wildman–Crippen MR) is 123 cm³/mol. The molecule has 0 aliphatic rings. The number of aryl methyl sites for hydroxylation is 1. The minimum absolute atomic E-state index is 0.131. The number of ether oxygens (including phenoxy) is 2. The Labute approximate surface area is 188 Å². The zero-order valence-corrected chi connectivity index (χ0v) is 18.2. The van der Waals surface area contributed by atoms with E-state index in [0.717, 1.165) is 4.57 Å². The molecular formula is C23H21N5O5. The Balaban J connectivity index is 1.66. The number of benzene rings is 2. The molecule has 1 amide bonds. The van der Waals surface area contributed by atoms with Crippen molar-refractivity contribution in [1.29, 1.82) is 0 Å². The summed E-state index contributed by atoms with van der Waals surface area (Å²) in [4.78, 5) is 47.0. The molecule has 33 heavy (non-hydrogen) atoms. The molecular weight excluding hydrogens is 426 g/mol. The maximum absolute atomic E-state index is 13.0. The van der Waals surface area contributed by atoms with Crippen molar-refractivity contribution in [3.05, 3.63) is 75.6 Å². The summed E-state index contributed by atoms with van der Waals surface area (Å²) in [6.45, 7) is -0.451. The molecule has 2 aromatic carbocycles. The molecule has 0 aliphatic heterocycles. The fourth-order valence-electron chi connectivity index (χ4n) is 3.32. The van der Waals surface area contributed by atoms with Gasteiger partial charge in [0.15, 0.2) is 11.5 Å². The van der Waals surface area contributed by atoms with Crippen LogP contribution in [0.15, 0.2) is 64.3 Å². The van der Waals surface area contributed by atoms with Gasteiger partial charge in [0, 0.05) is 24.5 Å². The van der Waals surface area contributed by atoms with E-state index in [1.165, 1.54) is 17.8 Å². The lowest BCUT2D eigenvalue weighted by molar-refractivity contribution is -0.116. The van der Waals surface area contributed by atoms with Crippen LogP contribution in [0.25, 0.3) is 22.4 Å². The monoisotopic (exact) mass is 447 g/mol. The molecule has 0 saturated heterocycles. The highest BCUT2D eigenvalue weighted by Crippen LogP contribution is 2.20. The Kier molecular flexibility index (Phi) is 5.90. The van der Waals surface area contributed by atoms with Crippen LogP contribution in [0, 0.1) is 0 Å². The van der Waals surface area contributed by atoms with Crippen molar-refractivity contribution < 1.29 is 14.3 Å². The van der Waals surface area contributed by atoms with Crippen molar-refractivity contribution >= 4 is 22.6 Å². The second-order valence-electron chi connectivity index (χ2n) is 7.17. The molecule has 0 fully saturated rings. The third-order valence-electron chi connectivity index (χ3n) is 5.10. The van der Waals surface area contributed by atoms with Gasteiger partial charge in [-0.3, -0.25) is 18.7 Å². The van der Waals surface area contributed by atoms with Gasteiger partial charge in [0.2, 0.25) is 5.91 Å². The number of rotatable bonds is 6. The number of fused-ring (bicyclic) bond motifs is 1. The van der Waals surface area contributed by atoms with Gasteiger partial charge in [-0.15, -0.1) is 0 Å². The summed E-state index contributed by atoms with van der Waals surface area (Å²) < 4.78 is 12.3. The third kappa shape index (κ3) is 4.31. The molecule has 4 aromatic rings. The fourth-order valence-corrected chi connectivity index (χ4v) is 3.32. The molecule has 0 saturated carbocycles. The summed E-state index contributed by atoms with van der Waals surface area (Å²) in [5, 5.41) is 2.79. The molecule has 2 heterocycles. The summed E-state index contributed by atoms with van der Waals surface area (Å²) in [5.41, 5.74) is 0.0979. The van der Waals surface area contributed by atoms with Crippen LogP contribution in [0.2, 0.25) is 0 Å². The van der Waals surface area contributed by atoms with Crippen molar-refractivity contribution in [2.75, 3.05) is 19.5 Å². The van der Waals surface area contributed by atoms with E-state index in [1.54, 1.807) is 62.8 Å². The summed E-state index contributed by atoms with van der Waals surface area (Å²) >= 11 is 0. The Morgan fingerprint density at radius 2 is 1.58 bits per heavy atom. The zero-order chi connectivity index (χ0) is 23.5. The minimum Gasteiger partial charge on any atom is -0.497 e. The van der Waals surface area contributed by atoms with E-state index in [1.807, 2.05) is 0 Å². The number of hydrogen-bond donors (Lipinski definition) is 1. The van der Waals surface area contributed by atoms with Gasteiger partial charge < -0.3 is 14.8 Å². The SMILES string of the molecule is COc1ccc(NC(=O)Cn2c(=O)c3cnc(-c4ccc(OC)cc4)nc3n(C)c2=O)cc1. The highest BCUT2D eigenvalue weighted by atomic mass is 16.5.